The molecule has 2 heterocycles. The molecule has 2 aromatic carbocycles. The Bertz CT molecular complexity index is 1260. The van der Waals surface area contributed by atoms with Crippen LogP contribution in [-0.2, 0) is 16.0 Å². The number of hydrogen-bond donors (Lipinski definition) is 1. The van der Waals surface area contributed by atoms with Crippen molar-refractivity contribution < 1.29 is 18.8 Å². The quantitative estimate of drug-likeness (QED) is 0.476. The highest BCUT2D eigenvalue weighted by Gasteiger charge is 2.23. The second kappa shape index (κ2) is 8.43. The summed E-state index contributed by atoms with van der Waals surface area (Å²) in [6, 6.07) is 13.2. The second-order valence-electron chi connectivity index (χ2n) is 7.19. The number of hydrogen-bond acceptors (Lipinski definition) is 6. The summed E-state index contributed by atoms with van der Waals surface area (Å²) >= 11 is 0. The average molecular weight is 418 g/mol. The zero-order valence-electron chi connectivity index (χ0n) is 17.5. The number of aryl methyl sites for hydroxylation is 2. The summed E-state index contributed by atoms with van der Waals surface area (Å²) in [6.07, 6.45) is 1.37. The van der Waals surface area contributed by atoms with Crippen LogP contribution < -0.4 is 5.32 Å². The third-order valence-electron chi connectivity index (χ3n) is 4.83. The summed E-state index contributed by atoms with van der Waals surface area (Å²) in [5.41, 5.74) is 4.09. The standard InChI is InChI=1S/C23H22N4O4/c1-4-30-23(29)18-13-24-27(16-8-6-5-7-9-16)22(18)25-20(28)12-19-17-11-14(2)10-15(3)21(17)31-26-19/h5-11,13H,4,12H2,1-3H3,(H,25,28). The van der Waals surface area contributed by atoms with E-state index in [4.69, 9.17) is 9.26 Å². The molecular weight excluding hydrogens is 396 g/mol. The first kappa shape index (κ1) is 20.3. The third-order valence-corrected chi connectivity index (χ3v) is 4.83. The first-order valence-electron chi connectivity index (χ1n) is 9.94. The van der Waals surface area contributed by atoms with Gasteiger partial charge in [0.05, 0.1) is 24.9 Å². The summed E-state index contributed by atoms with van der Waals surface area (Å²) < 4.78 is 12.1. The van der Waals surface area contributed by atoms with Gasteiger partial charge >= 0.3 is 5.97 Å². The molecule has 0 bridgehead atoms. The zero-order chi connectivity index (χ0) is 22.0. The van der Waals surface area contributed by atoms with E-state index in [2.05, 4.69) is 15.6 Å². The fourth-order valence-corrected chi connectivity index (χ4v) is 3.49. The molecule has 4 aromatic rings. The van der Waals surface area contributed by atoms with E-state index in [1.54, 1.807) is 6.92 Å². The molecule has 0 aliphatic carbocycles. The molecule has 1 N–H and O–H groups in total. The van der Waals surface area contributed by atoms with Crippen molar-refractivity contribution in [1.82, 2.24) is 14.9 Å². The molecule has 0 saturated heterocycles. The number of nitrogens with one attached hydrogen (secondary N) is 1. The molecule has 2 aromatic heterocycles. The van der Waals surface area contributed by atoms with Gasteiger partial charge in [0, 0.05) is 5.39 Å². The maximum absolute atomic E-state index is 12.9. The SMILES string of the molecule is CCOC(=O)c1cnn(-c2ccccc2)c1NC(=O)Cc1noc2c(C)cc(C)cc12. The number of benzene rings is 2. The molecule has 31 heavy (non-hydrogen) atoms. The monoisotopic (exact) mass is 418 g/mol. The van der Waals surface area contributed by atoms with Gasteiger partial charge in [0.15, 0.2) is 11.4 Å². The van der Waals surface area contributed by atoms with Gasteiger partial charge in [-0.2, -0.15) is 5.10 Å². The molecule has 0 radical (unpaired) electrons. The molecule has 0 aliphatic rings. The van der Waals surface area contributed by atoms with Gasteiger partial charge in [0.25, 0.3) is 0 Å². The van der Waals surface area contributed by atoms with Gasteiger partial charge in [0.2, 0.25) is 5.91 Å². The lowest BCUT2D eigenvalue weighted by molar-refractivity contribution is -0.115. The summed E-state index contributed by atoms with van der Waals surface area (Å²) in [6.45, 7) is 5.85. The van der Waals surface area contributed by atoms with Crippen molar-refractivity contribution in [2.75, 3.05) is 11.9 Å². The van der Waals surface area contributed by atoms with Crippen molar-refractivity contribution in [2.45, 2.75) is 27.2 Å². The number of ether oxygens (including phenoxy) is 1. The number of carbonyl (C=O) groups excluding carboxylic acids is 2. The van der Waals surface area contributed by atoms with Crippen LogP contribution >= 0.6 is 0 Å². The first-order chi connectivity index (χ1) is 15.0. The highest BCUT2D eigenvalue weighted by atomic mass is 16.5. The predicted octanol–water partition coefficient (Wildman–Crippen LogP) is 3.99. The fraction of sp³-hybridized carbons (Fsp3) is 0.217. The molecule has 0 fully saturated rings. The molecule has 8 nitrogen and oxygen atoms in total. The molecule has 0 saturated carbocycles. The Hall–Kier alpha value is -3.94. The van der Waals surface area contributed by atoms with Gasteiger partial charge < -0.3 is 14.6 Å². The lowest BCUT2D eigenvalue weighted by atomic mass is 10.1. The van der Waals surface area contributed by atoms with E-state index in [1.165, 1.54) is 10.9 Å². The first-order valence-corrected chi connectivity index (χ1v) is 9.94. The minimum Gasteiger partial charge on any atom is -0.462 e. The highest BCUT2D eigenvalue weighted by Crippen LogP contribution is 2.25. The van der Waals surface area contributed by atoms with Crippen LogP contribution in [0.4, 0.5) is 5.82 Å². The molecule has 0 unspecified atom stereocenters. The van der Waals surface area contributed by atoms with E-state index in [0.717, 1.165) is 16.5 Å². The van der Waals surface area contributed by atoms with Crippen LogP contribution in [0.5, 0.6) is 0 Å². The number of esters is 1. The summed E-state index contributed by atoms with van der Waals surface area (Å²) in [5.74, 6) is -0.662. The van der Waals surface area contributed by atoms with E-state index in [-0.39, 0.29) is 30.3 Å². The van der Waals surface area contributed by atoms with Gasteiger partial charge in [-0.1, -0.05) is 29.4 Å². The number of amides is 1. The van der Waals surface area contributed by atoms with Crippen LogP contribution in [0, 0.1) is 13.8 Å². The third kappa shape index (κ3) is 4.05. The van der Waals surface area contributed by atoms with Gasteiger partial charge in [-0.25, -0.2) is 9.48 Å². The van der Waals surface area contributed by atoms with Crippen LogP contribution in [0.15, 0.2) is 53.2 Å². The minimum absolute atomic E-state index is 0.0157. The Morgan fingerprint density at radius 3 is 2.68 bits per heavy atom. The smallest absolute Gasteiger partial charge is 0.343 e. The Morgan fingerprint density at radius 2 is 1.94 bits per heavy atom. The van der Waals surface area contributed by atoms with E-state index in [1.807, 2.05) is 56.3 Å². The van der Waals surface area contributed by atoms with Crippen molar-refractivity contribution >= 4 is 28.7 Å². The van der Waals surface area contributed by atoms with Crippen molar-refractivity contribution in [1.29, 1.82) is 0 Å². The van der Waals surface area contributed by atoms with Gasteiger partial charge in [-0.05, 0) is 50.1 Å². The van der Waals surface area contributed by atoms with Crippen molar-refractivity contribution in [3.8, 4) is 5.69 Å². The number of carbonyl (C=O) groups is 2. The maximum Gasteiger partial charge on any atom is 0.343 e. The topological polar surface area (TPSA) is 99.2 Å². The van der Waals surface area contributed by atoms with Crippen LogP contribution in [-0.4, -0.2) is 33.4 Å². The summed E-state index contributed by atoms with van der Waals surface area (Å²) in [4.78, 5) is 25.3. The molecule has 1 amide bonds. The lowest BCUT2D eigenvalue weighted by Gasteiger charge is -2.10. The summed E-state index contributed by atoms with van der Waals surface area (Å²) in [5, 5.41) is 12.0. The lowest BCUT2D eigenvalue weighted by Crippen LogP contribution is -2.20. The minimum atomic E-state index is -0.557. The number of nitrogens with zero attached hydrogens (tertiary/aromatic N) is 3. The fourth-order valence-electron chi connectivity index (χ4n) is 3.49. The van der Waals surface area contributed by atoms with Gasteiger partial charge in [-0.3, -0.25) is 4.79 Å². The Kier molecular flexibility index (Phi) is 5.53. The number of rotatable bonds is 6. The predicted molar refractivity (Wildman–Crippen MR) is 115 cm³/mol. The van der Waals surface area contributed by atoms with Crippen LogP contribution in [0.1, 0.15) is 34.1 Å². The van der Waals surface area contributed by atoms with E-state index >= 15 is 0 Å². The summed E-state index contributed by atoms with van der Waals surface area (Å²) in [7, 11) is 0. The van der Waals surface area contributed by atoms with Crippen molar-refractivity contribution in [3.63, 3.8) is 0 Å². The van der Waals surface area contributed by atoms with E-state index < -0.39 is 5.97 Å². The van der Waals surface area contributed by atoms with E-state index in [9.17, 15) is 9.59 Å². The molecule has 0 spiro atoms. The molecule has 0 atom stereocenters. The van der Waals surface area contributed by atoms with Crippen LogP contribution in [0.3, 0.4) is 0 Å². The van der Waals surface area contributed by atoms with Crippen molar-refractivity contribution in [3.05, 3.63) is 71.0 Å². The zero-order valence-corrected chi connectivity index (χ0v) is 17.5. The van der Waals surface area contributed by atoms with Crippen molar-refractivity contribution in [2.24, 2.45) is 0 Å². The van der Waals surface area contributed by atoms with Crippen LogP contribution in [0.25, 0.3) is 16.7 Å². The highest BCUT2D eigenvalue weighted by molar-refractivity contribution is 6.01. The average Bonchev–Trinajstić information content (AvgIpc) is 3.33. The Morgan fingerprint density at radius 1 is 1.16 bits per heavy atom. The molecule has 0 aliphatic heterocycles. The number of fused-ring (bicyclic) bond motifs is 1. The molecule has 4 rings (SSSR count). The maximum atomic E-state index is 12.9. The van der Waals surface area contributed by atoms with Crippen LogP contribution in [0.2, 0.25) is 0 Å². The molecule has 158 valence electrons. The Balaban J connectivity index is 1.66. The molecular formula is C23H22N4O4. The van der Waals surface area contributed by atoms with Gasteiger partial charge in [0.1, 0.15) is 11.3 Å². The largest absolute Gasteiger partial charge is 0.462 e. The molecule has 8 heteroatoms. The number of aromatic nitrogens is 3. The second-order valence-corrected chi connectivity index (χ2v) is 7.19. The number of anilines is 1. The van der Waals surface area contributed by atoms with Gasteiger partial charge in [-0.15, -0.1) is 0 Å². The normalized spacial score (nSPS) is 10.9. The van der Waals surface area contributed by atoms with E-state index in [0.29, 0.717) is 17.0 Å². The Labute approximate surface area is 178 Å². The number of para-hydroxylation sites is 1.